The molecule has 160 valence electrons. The maximum atomic E-state index is 2.70. The molecule has 0 unspecified atom stereocenters. The molecular weight excluding hydrogens is 336 g/mol. The quantitative estimate of drug-likeness (QED) is 0.415. The van der Waals surface area contributed by atoms with Gasteiger partial charge in [0.05, 0.1) is 0 Å². The molecule has 28 heavy (non-hydrogen) atoms. The molecular formula is C28H48. The van der Waals surface area contributed by atoms with Gasteiger partial charge >= 0.3 is 0 Å². The molecule has 0 heterocycles. The average molecular weight is 385 g/mol. The van der Waals surface area contributed by atoms with E-state index in [4.69, 9.17) is 0 Å². The predicted octanol–water partition coefficient (Wildman–Crippen LogP) is 8.81. The summed E-state index contributed by atoms with van der Waals surface area (Å²) in [5, 5.41) is 0. The fourth-order valence-corrected chi connectivity index (χ4v) is 8.54. The van der Waals surface area contributed by atoms with Crippen LogP contribution in [0.4, 0.5) is 0 Å². The number of allylic oxidation sites excluding steroid dienone is 2. The first-order chi connectivity index (χ1) is 13.3. The Balaban J connectivity index is 1.53. The van der Waals surface area contributed by atoms with Crippen molar-refractivity contribution in [3.8, 4) is 0 Å². The second kappa shape index (κ2) is 7.77. The van der Waals surface area contributed by atoms with E-state index in [0.29, 0.717) is 10.8 Å². The first kappa shape index (κ1) is 21.0. The third-order valence-electron chi connectivity index (χ3n) is 10.9. The molecule has 0 spiro atoms. The van der Waals surface area contributed by atoms with Crippen molar-refractivity contribution in [2.45, 2.75) is 119 Å². The minimum atomic E-state index is 0.546. The summed E-state index contributed by atoms with van der Waals surface area (Å²) >= 11 is 0. The van der Waals surface area contributed by atoms with E-state index in [1.54, 1.807) is 0 Å². The highest BCUT2D eigenvalue weighted by Crippen LogP contribution is 2.65. The highest BCUT2D eigenvalue weighted by molar-refractivity contribution is 5.34. The van der Waals surface area contributed by atoms with Gasteiger partial charge in [0.2, 0.25) is 0 Å². The van der Waals surface area contributed by atoms with Gasteiger partial charge in [-0.25, -0.2) is 0 Å². The van der Waals surface area contributed by atoms with Crippen LogP contribution in [0.5, 0.6) is 0 Å². The van der Waals surface area contributed by atoms with Crippen molar-refractivity contribution in [2.24, 2.45) is 46.3 Å². The zero-order chi connectivity index (χ0) is 20.1. The Bertz CT molecular complexity index is 597. The molecule has 0 aliphatic heterocycles. The Labute approximate surface area is 176 Å². The van der Waals surface area contributed by atoms with Gasteiger partial charge in [-0.05, 0) is 97.7 Å². The van der Waals surface area contributed by atoms with E-state index in [2.05, 4.69) is 41.5 Å². The number of hydrogen-bond donors (Lipinski definition) is 0. The topological polar surface area (TPSA) is 0 Å². The lowest BCUT2D eigenvalue weighted by Gasteiger charge is -2.56. The smallest absolute Gasteiger partial charge is 0.00825 e. The Morgan fingerprint density at radius 1 is 0.857 bits per heavy atom. The molecule has 0 bridgehead atoms. The summed E-state index contributed by atoms with van der Waals surface area (Å²) in [6, 6.07) is 0. The van der Waals surface area contributed by atoms with Crippen LogP contribution in [-0.2, 0) is 0 Å². The van der Waals surface area contributed by atoms with Crippen LogP contribution in [0.15, 0.2) is 11.1 Å². The lowest BCUT2D eigenvalue weighted by Crippen LogP contribution is -2.46. The highest BCUT2D eigenvalue weighted by Gasteiger charge is 2.54. The normalized spacial score (nSPS) is 42.8. The molecule has 0 aromatic heterocycles. The third kappa shape index (κ3) is 3.33. The van der Waals surface area contributed by atoms with Gasteiger partial charge in [-0.1, -0.05) is 78.4 Å². The van der Waals surface area contributed by atoms with E-state index < -0.39 is 0 Å². The van der Waals surface area contributed by atoms with Crippen LogP contribution in [-0.4, -0.2) is 0 Å². The minimum Gasteiger partial charge on any atom is -0.0668 e. The van der Waals surface area contributed by atoms with Gasteiger partial charge in [-0.2, -0.15) is 0 Å². The van der Waals surface area contributed by atoms with E-state index in [0.717, 1.165) is 35.5 Å². The average Bonchev–Trinajstić information content (AvgIpc) is 3.02. The summed E-state index contributed by atoms with van der Waals surface area (Å²) in [4.78, 5) is 0. The molecule has 0 aromatic rings. The van der Waals surface area contributed by atoms with Crippen molar-refractivity contribution in [3.05, 3.63) is 11.1 Å². The Hall–Kier alpha value is -0.260. The van der Waals surface area contributed by atoms with Crippen molar-refractivity contribution in [2.75, 3.05) is 0 Å². The highest BCUT2D eigenvalue weighted by atomic mass is 14.6. The zero-order valence-corrected chi connectivity index (χ0v) is 19.9. The van der Waals surface area contributed by atoms with Gasteiger partial charge in [0.15, 0.2) is 0 Å². The van der Waals surface area contributed by atoms with Crippen LogP contribution < -0.4 is 0 Å². The van der Waals surface area contributed by atoms with Crippen molar-refractivity contribution < 1.29 is 0 Å². The molecule has 4 rings (SSSR count). The standard InChI is InChI=1S/C28H48/c1-19(2)20(3)10-11-21(4)24-14-15-25-23-13-12-22-9-7-8-17-27(22,5)26(23)16-18-28(24,25)6/h19-22,24,26H,7-18H2,1-6H3/t20-,21+,22-,24+,26-,27-,28+/m0/s1. The molecule has 0 aromatic carbocycles. The maximum absolute atomic E-state index is 2.70. The van der Waals surface area contributed by atoms with E-state index in [9.17, 15) is 0 Å². The minimum absolute atomic E-state index is 0.546. The lowest BCUT2D eigenvalue weighted by molar-refractivity contribution is 0.00922. The maximum Gasteiger partial charge on any atom is -0.00825 e. The van der Waals surface area contributed by atoms with Gasteiger partial charge in [0.1, 0.15) is 0 Å². The summed E-state index contributed by atoms with van der Waals surface area (Å²) in [5.74, 6) is 5.56. The zero-order valence-electron chi connectivity index (χ0n) is 19.9. The number of rotatable bonds is 5. The summed E-state index contributed by atoms with van der Waals surface area (Å²) < 4.78 is 0. The van der Waals surface area contributed by atoms with E-state index in [1.807, 2.05) is 11.1 Å². The van der Waals surface area contributed by atoms with Crippen LogP contribution >= 0.6 is 0 Å². The van der Waals surface area contributed by atoms with Gasteiger partial charge in [0, 0.05) is 0 Å². The van der Waals surface area contributed by atoms with Crippen molar-refractivity contribution in [3.63, 3.8) is 0 Å². The largest absolute Gasteiger partial charge is 0.0668 e. The molecule has 4 aliphatic rings. The monoisotopic (exact) mass is 384 g/mol. The van der Waals surface area contributed by atoms with Crippen LogP contribution in [0, 0.1) is 46.3 Å². The second-order valence-corrected chi connectivity index (χ2v) is 12.4. The van der Waals surface area contributed by atoms with Gasteiger partial charge in [-0.3, -0.25) is 0 Å². The number of hydrogen-bond acceptors (Lipinski definition) is 0. The van der Waals surface area contributed by atoms with Gasteiger partial charge < -0.3 is 0 Å². The SMILES string of the molecule is CC(C)[C@@H](C)CC[C@@H](C)[C@H]1CCC2=C3CC[C@@H]4CCCC[C@]4(C)[C@H]3CC[C@@]21C. The van der Waals surface area contributed by atoms with E-state index in [-0.39, 0.29) is 0 Å². The van der Waals surface area contributed by atoms with Crippen molar-refractivity contribution in [1.29, 1.82) is 0 Å². The molecule has 0 N–H and O–H groups in total. The Morgan fingerprint density at radius 3 is 2.39 bits per heavy atom. The van der Waals surface area contributed by atoms with Gasteiger partial charge in [-0.15, -0.1) is 0 Å². The predicted molar refractivity (Wildman–Crippen MR) is 122 cm³/mol. The fourth-order valence-electron chi connectivity index (χ4n) is 8.54. The summed E-state index contributed by atoms with van der Waals surface area (Å²) in [6.07, 6.45) is 17.8. The molecule has 7 atom stereocenters. The molecule has 0 radical (unpaired) electrons. The molecule has 0 saturated heterocycles. The third-order valence-corrected chi connectivity index (χ3v) is 10.9. The van der Waals surface area contributed by atoms with Crippen molar-refractivity contribution in [1.82, 2.24) is 0 Å². The summed E-state index contributed by atoms with van der Waals surface area (Å²) in [7, 11) is 0. The molecule has 3 saturated carbocycles. The number of fused-ring (bicyclic) bond motifs is 4. The molecule has 3 fully saturated rings. The first-order valence-electron chi connectivity index (χ1n) is 13.0. The lowest BCUT2D eigenvalue weighted by atomic mass is 9.49. The van der Waals surface area contributed by atoms with E-state index >= 15 is 0 Å². The second-order valence-electron chi connectivity index (χ2n) is 12.4. The Kier molecular flexibility index (Phi) is 5.83. The first-order valence-corrected chi connectivity index (χ1v) is 13.0. The summed E-state index contributed by atoms with van der Waals surface area (Å²) in [6.45, 7) is 15.3. The fraction of sp³-hybridized carbons (Fsp3) is 0.929. The van der Waals surface area contributed by atoms with Gasteiger partial charge in [0.25, 0.3) is 0 Å². The van der Waals surface area contributed by atoms with E-state index in [1.165, 1.54) is 77.0 Å². The summed E-state index contributed by atoms with van der Waals surface area (Å²) in [5.41, 5.74) is 5.18. The molecule has 0 amide bonds. The van der Waals surface area contributed by atoms with Crippen LogP contribution in [0.25, 0.3) is 0 Å². The molecule has 0 nitrogen and oxygen atoms in total. The Morgan fingerprint density at radius 2 is 1.64 bits per heavy atom. The van der Waals surface area contributed by atoms with Crippen LogP contribution in [0.3, 0.4) is 0 Å². The molecule has 0 heteroatoms. The van der Waals surface area contributed by atoms with Crippen molar-refractivity contribution >= 4 is 0 Å². The van der Waals surface area contributed by atoms with Crippen LogP contribution in [0.2, 0.25) is 0 Å². The molecule has 4 aliphatic carbocycles. The van der Waals surface area contributed by atoms with Crippen LogP contribution in [0.1, 0.15) is 119 Å².